The zero-order valence-electron chi connectivity index (χ0n) is 9.76. The van der Waals surface area contributed by atoms with Crippen LogP contribution in [0.25, 0.3) is 0 Å². The molecule has 0 saturated carbocycles. The monoisotopic (exact) mass is 281 g/mol. The first kappa shape index (κ1) is 13.1. The number of nitrogens with zero attached hydrogens (tertiary/aromatic N) is 1. The summed E-state index contributed by atoms with van der Waals surface area (Å²) >= 11 is 5.52. The highest BCUT2D eigenvalue weighted by atomic mass is 32.1. The van der Waals surface area contributed by atoms with Crippen LogP contribution in [0.15, 0.2) is 40.6 Å². The van der Waals surface area contributed by atoms with Crippen LogP contribution in [0, 0.1) is 5.82 Å². The van der Waals surface area contributed by atoms with E-state index in [0.29, 0.717) is 17.1 Å². The van der Waals surface area contributed by atoms with Gasteiger partial charge in [-0.3, -0.25) is 4.79 Å². The molecule has 0 aliphatic carbocycles. The maximum Gasteiger partial charge on any atom is 0.268 e. The summed E-state index contributed by atoms with van der Waals surface area (Å²) in [5.41, 5.74) is 0.566. The molecule has 1 heterocycles. The first-order valence-corrected chi connectivity index (χ1v) is 6.79. The number of hydrogen-bond acceptors (Lipinski definition) is 3. The summed E-state index contributed by atoms with van der Waals surface area (Å²) in [4.78, 5) is 15.2. The van der Waals surface area contributed by atoms with E-state index in [0.717, 1.165) is 4.90 Å². The lowest BCUT2D eigenvalue weighted by atomic mass is 10.2. The van der Waals surface area contributed by atoms with E-state index in [-0.39, 0.29) is 11.7 Å². The number of thiol groups is 1. The number of hydrogen-bond donors (Lipinski definition) is 1. The van der Waals surface area contributed by atoms with Crippen LogP contribution in [-0.2, 0) is 0 Å². The number of amides is 1. The Balaban J connectivity index is 2.31. The number of rotatable bonds is 3. The van der Waals surface area contributed by atoms with Gasteiger partial charge in [0.2, 0.25) is 0 Å². The molecule has 1 aromatic carbocycles. The molecular formula is C13H12FNOS2. The van der Waals surface area contributed by atoms with Gasteiger partial charge in [-0.15, -0.1) is 24.0 Å². The van der Waals surface area contributed by atoms with Crippen molar-refractivity contribution in [1.82, 2.24) is 0 Å². The molecular weight excluding hydrogens is 269 g/mol. The Hall–Kier alpha value is -1.33. The molecule has 2 aromatic rings. The molecule has 94 valence electrons. The molecule has 5 heteroatoms. The highest BCUT2D eigenvalue weighted by Crippen LogP contribution is 2.23. The van der Waals surface area contributed by atoms with Gasteiger partial charge in [-0.1, -0.05) is 6.07 Å². The molecule has 0 N–H and O–H groups in total. The largest absolute Gasteiger partial charge is 0.308 e. The average Bonchev–Trinajstić information content (AvgIpc) is 2.77. The molecule has 0 radical (unpaired) electrons. The van der Waals surface area contributed by atoms with Crippen molar-refractivity contribution in [1.29, 1.82) is 0 Å². The third-order valence-corrected chi connectivity index (χ3v) is 3.83. The van der Waals surface area contributed by atoms with Crippen molar-refractivity contribution in [3.8, 4) is 0 Å². The van der Waals surface area contributed by atoms with E-state index < -0.39 is 0 Å². The molecule has 0 aliphatic rings. The summed E-state index contributed by atoms with van der Waals surface area (Å²) in [5, 5.41) is 1.80. The van der Waals surface area contributed by atoms with Crippen molar-refractivity contribution in [3.63, 3.8) is 0 Å². The van der Waals surface area contributed by atoms with Gasteiger partial charge in [0, 0.05) is 22.5 Å². The normalized spacial score (nSPS) is 10.4. The minimum Gasteiger partial charge on any atom is -0.308 e. The van der Waals surface area contributed by atoms with Crippen LogP contribution in [0.4, 0.5) is 10.1 Å². The average molecular weight is 281 g/mol. The van der Waals surface area contributed by atoms with Gasteiger partial charge in [0.1, 0.15) is 5.82 Å². The highest BCUT2D eigenvalue weighted by Gasteiger charge is 2.17. The fraction of sp³-hybridized carbons (Fsp3) is 0.154. The van der Waals surface area contributed by atoms with E-state index in [1.165, 1.54) is 23.5 Å². The van der Waals surface area contributed by atoms with E-state index in [9.17, 15) is 9.18 Å². The molecule has 2 nitrogen and oxygen atoms in total. The van der Waals surface area contributed by atoms with Crippen molar-refractivity contribution in [2.24, 2.45) is 0 Å². The summed E-state index contributed by atoms with van der Waals surface area (Å²) in [6.45, 7) is 2.35. The van der Waals surface area contributed by atoms with Crippen molar-refractivity contribution in [3.05, 3.63) is 46.4 Å². The molecule has 18 heavy (non-hydrogen) atoms. The number of benzene rings is 1. The second kappa shape index (κ2) is 5.54. The van der Waals surface area contributed by atoms with E-state index in [2.05, 4.69) is 12.6 Å². The maximum absolute atomic E-state index is 13.2. The molecule has 0 unspecified atom stereocenters. The second-order valence-electron chi connectivity index (χ2n) is 3.70. The van der Waals surface area contributed by atoms with Gasteiger partial charge < -0.3 is 4.90 Å². The first-order chi connectivity index (χ1) is 8.61. The first-order valence-electron chi connectivity index (χ1n) is 5.46. The lowest BCUT2D eigenvalue weighted by Gasteiger charge is -2.20. The summed E-state index contributed by atoms with van der Waals surface area (Å²) in [7, 11) is 0. The van der Waals surface area contributed by atoms with Gasteiger partial charge in [0.15, 0.2) is 0 Å². The number of carbonyl (C=O) groups is 1. The van der Waals surface area contributed by atoms with Crippen LogP contribution >= 0.6 is 24.0 Å². The summed E-state index contributed by atoms with van der Waals surface area (Å²) in [5.74, 6) is -0.479. The van der Waals surface area contributed by atoms with E-state index in [4.69, 9.17) is 0 Å². The molecule has 0 aliphatic heterocycles. The lowest BCUT2D eigenvalue weighted by Crippen LogP contribution is -2.30. The minimum absolute atomic E-state index is 0.131. The Morgan fingerprint density at radius 2 is 2.22 bits per heavy atom. The van der Waals surface area contributed by atoms with Crippen LogP contribution in [-0.4, -0.2) is 12.5 Å². The molecule has 0 spiro atoms. The van der Waals surface area contributed by atoms with E-state index in [1.807, 2.05) is 6.92 Å². The SMILES string of the molecule is CCN(C(=O)c1cc(S)cs1)c1cccc(F)c1. The van der Waals surface area contributed by atoms with Crippen LogP contribution in [0.2, 0.25) is 0 Å². The standard InChI is InChI=1S/C13H12FNOS2/c1-2-15(10-5-3-4-9(14)6-10)13(16)12-7-11(17)8-18-12/h3-8,17H,2H2,1H3. The molecule has 1 aromatic heterocycles. The molecule has 0 atom stereocenters. The number of carbonyl (C=O) groups excluding carboxylic acids is 1. The molecule has 1 amide bonds. The van der Waals surface area contributed by atoms with E-state index in [1.54, 1.807) is 28.5 Å². The van der Waals surface area contributed by atoms with Crippen LogP contribution in [0.1, 0.15) is 16.6 Å². The number of halogens is 1. The van der Waals surface area contributed by atoms with Gasteiger partial charge in [-0.25, -0.2) is 4.39 Å². The molecule has 0 bridgehead atoms. The summed E-state index contributed by atoms with van der Waals surface area (Å²) in [6.07, 6.45) is 0. The quantitative estimate of drug-likeness (QED) is 0.847. The van der Waals surface area contributed by atoms with Crippen LogP contribution < -0.4 is 4.90 Å². The zero-order valence-corrected chi connectivity index (χ0v) is 11.5. The Bertz CT molecular complexity index is 568. The van der Waals surface area contributed by atoms with Crippen molar-refractivity contribution in [2.45, 2.75) is 11.8 Å². The van der Waals surface area contributed by atoms with E-state index >= 15 is 0 Å². The Kier molecular flexibility index (Phi) is 4.04. The Morgan fingerprint density at radius 1 is 1.44 bits per heavy atom. The van der Waals surface area contributed by atoms with Gasteiger partial charge in [0.25, 0.3) is 5.91 Å². The number of thiophene rings is 1. The summed E-state index contributed by atoms with van der Waals surface area (Å²) < 4.78 is 13.2. The number of anilines is 1. The van der Waals surface area contributed by atoms with Crippen molar-refractivity contribution < 1.29 is 9.18 Å². The second-order valence-corrected chi connectivity index (χ2v) is 5.13. The predicted octanol–water partition coefficient (Wildman–Crippen LogP) is 3.84. The minimum atomic E-state index is -0.347. The fourth-order valence-corrected chi connectivity index (χ4v) is 2.76. The summed E-state index contributed by atoms with van der Waals surface area (Å²) in [6, 6.07) is 7.76. The van der Waals surface area contributed by atoms with Gasteiger partial charge in [-0.2, -0.15) is 0 Å². The van der Waals surface area contributed by atoms with Crippen LogP contribution in [0.3, 0.4) is 0 Å². The Morgan fingerprint density at radius 3 is 2.78 bits per heavy atom. The molecule has 2 rings (SSSR count). The smallest absolute Gasteiger partial charge is 0.268 e. The predicted molar refractivity (Wildman–Crippen MR) is 75.3 cm³/mol. The maximum atomic E-state index is 13.2. The highest BCUT2D eigenvalue weighted by molar-refractivity contribution is 7.80. The Labute approximate surface area is 114 Å². The van der Waals surface area contributed by atoms with Crippen LogP contribution in [0.5, 0.6) is 0 Å². The van der Waals surface area contributed by atoms with Gasteiger partial charge in [0.05, 0.1) is 4.88 Å². The topological polar surface area (TPSA) is 20.3 Å². The fourth-order valence-electron chi connectivity index (χ4n) is 1.66. The third kappa shape index (κ3) is 2.73. The zero-order chi connectivity index (χ0) is 13.1. The van der Waals surface area contributed by atoms with Gasteiger partial charge >= 0.3 is 0 Å². The van der Waals surface area contributed by atoms with Crippen molar-refractivity contribution in [2.75, 3.05) is 11.4 Å². The molecule has 0 saturated heterocycles. The van der Waals surface area contributed by atoms with Gasteiger partial charge in [-0.05, 0) is 31.2 Å². The lowest BCUT2D eigenvalue weighted by molar-refractivity contribution is 0.0992. The third-order valence-electron chi connectivity index (χ3n) is 2.48. The van der Waals surface area contributed by atoms with Crippen molar-refractivity contribution >= 4 is 35.6 Å². The molecule has 0 fully saturated rings.